The van der Waals surface area contributed by atoms with Crippen LogP contribution in [0.5, 0.6) is 0 Å². The summed E-state index contributed by atoms with van der Waals surface area (Å²) in [5, 5.41) is 0. The molecule has 0 aromatic carbocycles. The smallest absolute Gasteiger partial charge is 0.170 e. The molecule has 5 nitrogen and oxygen atoms in total. The van der Waals surface area contributed by atoms with Gasteiger partial charge >= 0.3 is 0 Å². The Hall–Kier alpha value is -0.780. The number of Topliss-reactive ketones (excluding diaryl/α,β-unsaturated/α-hetero) is 2. The third kappa shape index (κ3) is 2.16. The lowest BCUT2D eigenvalue weighted by Gasteiger charge is -2.34. The van der Waals surface area contributed by atoms with E-state index in [2.05, 4.69) is 0 Å². The van der Waals surface area contributed by atoms with Crippen LogP contribution in [0.4, 0.5) is 0 Å². The average molecular weight is 228 g/mol. The number of ketones is 2. The number of hydrogen-bond acceptors (Lipinski definition) is 5. The SMILES string of the molecule is COCC(=O)C1CC2(CCC1=O)OCCO2. The molecule has 1 atom stereocenters. The van der Waals surface area contributed by atoms with Crippen molar-refractivity contribution >= 4 is 11.6 Å². The predicted octanol–water partition coefficient (Wildman–Crippen LogP) is 0.314. The van der Waals surface area contributed by atoms with E-state index < -0.39 is 11.7 Å². The Kier molecular flexibility index (Phi) is 3.37. The minimum atomic E-state index is -0.692. The molecule has 1 saturated heterocycles. The molecule has 1 aliphatic carbocycles. The number of hydrogen-bond donors (Lipinski definition) is 0. The maximum absolute atomic E-state index is 11.7. The summed E-state index contributed by atoms with van der Waals surface area (Å²) in [6.45, 7) is 1.06. The van der Waals surface area contributed by atoms with Crippen molar-refractivity contribution in [1.29, 1.82) is 0 Å². The summed E-state index contributed by atoms with van der Waals surface area (Å²) in [6, 6.07) is 0. The Morgan fingerprint density at radius 2 is 2.19 bits per heavy atom. The predicted molar refractivity (Wildman–Crippen MR) is 53.9 cm³/mol. The van der Waals surface area contributed by atoms with E-state index >= 15 is 0 Å². The van der Waals surface area contributed by atoms with E-state index in [1.54, 1.807) is 0 Å². The molecule has 1 unspecified atom stereocenters. The quantitative estimate of drug-likeness (QED) is 0.651. The molecule has 1 spiro atoms. The topological polar surface area (TPSA) is 61.8 Å². The highest BCUT2D eigenvalue weighted by atomic mass is 16.7. The van der Waals surface area contributed by atoms with Crippen LogP contribution in [-0.4, -0.2) is 44.3 Å². The maximum Gasteiger partial charge on any atom is 0.170 e. The molecule has 5 heteroatoms. The summed E-state index contributed by atoms with van der Waals surface area (Å²) in [5.74, 6) is -1.51. The number of rotatable bonds is 3. The molecule has 2 aliphatic rings. The van der Waals surface area contributed by atoms with E-state index in [-0.39, 0.29) is 18.2 Å². The van der Waals surface area contributed by atoms with Crippen LogP contribution in [-0.2, 0) is 23.8 Å². The fourth-order valence-corrected chi connectivity index (χ4v) is 2.31. The van der Waals surface area contributed by atoms with Crippen LogP contribution >= 0.6 is 0 Å². The van der Waals surface area contributed by atoms with Crippen molar-refractivity contribution in [2.75, 3.05) is 26.9 Å². The van der Waals surface area contributed by atoms with Gasteiger partial charge in [0.05, 0.1) is 19.1 Å². The van der Waals surface area contributed by atoms with Gasteiger partial charge in [0.1, 0.15) is 12.4 Å². The van der Waals surface area contributed by atoms with Crippen molar-refractivity contribution in [2.24, 2.45) is 5.92 Å². The number of methoxy groups -OCH3 is 1. The normalized spacial score (nSPS) is 28.6. The average Bonchev–Trinajstić information content (AvgIpc) is 2.71. The monoisotopic (exact) mass is 228 g/mol. The van der Waals surface area contributed by atoms with Gasteiger partial charge in [-0.1, -0.05) is 0 Å². The van der Waals surface area contributed by atoms with Crippen molar-refractivity contribution in [3.63, 3.8) is 0 Å². The molecule has 90 valence electrons. The van der Waals surface area contributed by atoms with E-state index in [9.17, 15) is 9.59 Å². The Balaban J connectivity index is 2.05. The van der Waals surface area contributed by atoms with Gasteiger partial charge in [-0.25, -0.2) is 0 Å². The Morgan fingerprint density at radius 1 is 1.50 bits per heavy atom. The Labute approximate surface area is 94.0 Å². The van der Waals surface area contributed by atoms with Crippen LogP contribution in [0.25, 0.3) is 0 Å². The maximum atomic E-state index is 11.7. The summed E-state index contributed by atoms with van der Waals surface area (Å²) in [5.41, 5.74) is 0. The molecule has 0 N–H and O–H groups in total. The lowest BCUT2D eigenvalue weighted by atomic mass is 9.81. The van der Waals surface area contributed by atoms with E-state index in [1.165, 1.54) is 7.11 Å². The third-order valence-electron chi connectivity index (χ3n) is 3.14. The van der Waals surface area contributed by atoms with Gasteiger partial charge in [-0.2, -0.15) is 0 Å². The van der Waals surface area contributed by atoms with E-state index in [4.69, 9.17) is 14.2 Å². The Morgan fingerprint density at radius 3 is 2.81 bits per heavy atom. The van der Waals surface area contributed by atoms with Gasteiger partial charge in [-0.05, 0) is 0 Å². The summed E-state index contributed by atoms with van der Waals surface area (Å²) < 4.78 is 15.8. The van der Waals surface area contributed by atoms with Crippen LogP contribution in [0.1, 0.15) is 19.3 Å². The van der Waals surface area contributed by atoms with Gasteiger partial charge < -0.3 is 14.2 Å². The highest BCUT2D eigenvalue weighted by molar-refractivity contribution is 6.03. The largest absolute Gasteiger partial charge is 0.377 e. The Bertz CT molecular complexity index is 293. The van der Waals surface area contributed by atoms with Crippen molar-refractivity contribution in [3.05, 3.63) is 0 Å². The molecule has 0 radical (unpaired) electrons. The fraction of sp³-hybridized carbons (Fsp3) is 0.818. The lowest BCUT2D eigenvalue weighted by molar-refractivity contribution is -0.190. The summed E-state index contributed by atoms with van der Waals surface area (Å²) in [6.07, 6.45) is 1.25. The van der Waals surface area contributed by atoms with Gasteiger partial charge in [0.2, 0.25) is 0 Å². The molecular weight excluding hydrogens is 212 g/mol. The number of carbonyl (C=O) groups excluding carboxylic acids is 2. The molecule has 2 rings (SSSR count). The summed E-state index contributed by atoms with van der Waals surface area (Å²) in [4.78, 5) is 23.4. The molecule has 0 aromatic heterocycles. The lowest BCUT2D eigenvalue weighted by Crippen LogP contribution is -2.44. The van der Waals surface area contributed by atoms with E-state index in [0.29, 0.717) is 32.5 Å². The molecule has 0 aromatic rings. The second kappa shape index (κ2) is 4.61. The first kappa shape index (κ1) is 11.7. The first-order chi connectivity index (χ1) is 7.67. The van der Waals surface area contributed by atoms with Crippen molar-refractivity contribution in [3.8, 4) is 0 Å². The van der Waals surface area contributed by atoms with Crippen LogP contribution in [0.2, 0.25) is 0 Å². The van der Waals surface area contributed by atoms with E-state index in [0.717, 1.165) is 0 Å². The molecular formula is C11H16O5. The van der Waals surface area contributed by atoms with Crippen LogP contribution in [0.15, 0.2) is 0 Å². The molecule has 0 bridgehead atoms. The van der Waals surface area contributed by atoms with Gasteiger partial charge in [-0.15, -0.1) is 0 Å². The summed E-state index contributed by atoms with van der Waals surface area (Å²) >= 11 is 0. The van der Waals surface area contributed by atoms with Gasteiger partial charge in [0.25, 0.3) is 0 Å². The molecule has 1 saturated carbocycles. The van der Waals surface area contributed by atoms with Crippen LogP contribution in [0.3, 0.4) is 0 Å². The first-order valence-corrected chi connectivity index (χ1v) is 5.49. The third-order valence-corrected chi connectivity index (χ3v) is 3.14. The molecule has 1 aliphatic heterocycles. The van der Waals surface area contributed by atoms with Crippen molar-refractivity contribution in [2.45, 2.75) is 25.0 Å². The van der Waals surface area contributed by atoms with Crippen molar-refractivity contribution < 1.29 is 23.8 Å². The summed E-state index contributed by atoms with van der Waals surface area (Å²) in [7, 11) is 1.45. The standard InChI is InChI=1S/C11H16O5/c1-14-7-10(13)8-6-11(3-2-9(8)12)15-4-5-16-11/h8H,2-7H2,1H3. The van der Waals surface area contributed by atoms with Crippen LogP contribution in [0, 0.1) is 5.92 Å². The minimum absolute atomic E-state index is 0.0213. The second-order valence-corrected chi connectivity index (χ2v) is 4.23. The fourth-order valence-electron chi connectivity index (χ4n) is 2.31. The molecule has 1 heterocycles. The zero-order valence-electron chi connectivity index (χ0n) is 9.36. The highest BCUT2D eigenvalue weighted by Gasteiger charge is 2.46. The van der Waals surface area contributed by atoms with Gasteiger partial charge in [-0.3, -0.25) is 9.59 Å². The van der Waals surface area contributed by atoms with Gasteiger partial charge in [0, 0.05) is 26.4 Å². The zero-order chi connectivity index (χ0) is 11.6. The first-order valence-electron chi connectivity index (χ1n) is 5.49. The van der Waals surface area contributed by atoms with Gasteiger partial charge in [0.15, 0.2) is 11.6 Å². The minimum Gasteiger partial charge on any atom is -0.377 e. The number of carbonyl (C=O) groups is 2. The molecule has 16 heavy (non-hydrogen) atoms. The van der Waals surface area contributed by atoms with Crippen molar-refractivity contribution in [1.82, 2.24) is 0 Å². The number of ether oxygens (including phenoxy) is 3. The molecule has 0 amide bonds. The van der Waals surface area contributed by atoms with Crippen LogP contribution < -0.4 is 0 Å². The second-order valence-electron chi connectivity index (χ2n) is 4.23. The highest BCUT2D eigenvalue weighted by Crippen LogP contribution is 2.37. The zero-order valence-corrected chi connectivity index (χ0v) is 9.36. The van der Waals surface area contributed by atoms with E-state index in [1.807, 2.05) is 0 Å². The molecule has 2 fully saturated rings.